The number of pyridine rings is 1. The maximum Gasteiger partial charge on any atom is 0.255 e. The van der Waals surface area contributed by atoms with Crippen LogP contribution in [0.1, 0.15) is 46.9 Å². The average Bonchev–Trinajstić information content (AvgIpc) is 3.59. The van der Waals surface area contributed by atoms with Crippen molar-refractivity contribution in [2.45, 2.75) is 32.9 Å². The van der Waals surface area contributed by atoms with Gasteiger partial charge < -0.3 is 5.32 Å². The predicted molar refractivity (Wildman–Crippen MR) is 140 cm³/mol. The lowest BCUT2D eigenvalue weighted by atomic mass is 9.98. The Morgan fingerprint density at radius 1 is 0.917 bits per heavy atom. The summed E-state index contributed by atoms with van der Waals surface area (Å²) in [5, 5.41) is 11.8. The highest BCUT2D eigenvalue weighted by Crippen LogP contribution is 2.25. The van der Waals surface area contributed by atoms with Crippen LogP contribution >= 0.6 is 0 Å². The molecule has 36 heavy (non-hydrogen) atoms. The third-order valence-electron chi connectivity index (χ3n) is 6.09. The normalized spacial score (nSPS) is 11.1. The van der Waals surface area contributed by atoms with Crippen molar-refractivity contribution in [2.75, 3.05) is 0 Å². The number of carbonyl (C=O) groups is 1. The van der Waals surface area contributed by atoms with Crippen molar-refractivity contribution in [3.8, 4) is 16.9 Å². The number of nitrogens with one attached hydrogen (secondary N) is 1. The summed E-state index contributed by atoms with van der Waals surface area (Å²) >= 11 is 0. The Labute approximate surface area is 210 Å². The molecule has 0 aliphatic heterocycles. The lowest BCUT2D eigenvalue weighted by Gasteiger charge is -2.14. The molecule has 0 fully saturated rings. The number of rotatable bonds is 8. The molecule has 0 saturated carbocycles. The zero-order chi connectivity index (χ0) is 24.9. The number of carbonyl (C=O) groups excluding carboxylic acids is 1. The summed E-state index contributed by atoms with van der Waals surface area (Å²) in [6.07, 6.45) is 7.09. The minimum atomic E-state index is -0.148. The maximum atomic E-state index is 13.2. The summed E-state index contributed by atoms with van der Waals surface area (Å²) in [6, 6.07) is 24.2. The van der Waals surface area contributed by atoms with Gasteiger partial charge in [-0.2, -0.15) is 10.2 Å². The zero-order valence-electron chi connectivity index (χ0n) is 20.4. The van der Waals surface area contributed by atoms with Gasteiger partial charge in [-0.15, -0.1) is 0 Å². The molecule has 0 saturated heterocycles. The highest BCUT2D eigenvalue weighted by molar-refractivity contribution is 5.95. The van der Waals surface area contributed by atoms with Crippen LogP contribution in [0, 0.1) is 0 Å². The Hall–Kier alpha value is -4.52. The summed E-state index contributed by atoms with van der Waals surface area (Å²) in [5.41, 5.74) is 5.84. The maximum absolute atomic E-state index is 13.2. The highest BCUT2D eigenvalue weighted by atomic mass is 16.1. The van der Waals surface area contributed by atoms with Gasteiger partial charge in [-0.25, -0.2) is 9.67 Å². The standard InChI is InChI=1S/C29H28N6O/c1-21(2)28-26(19-33-35(28)27-10-5-6-15-30-27)29(36)31-18-24-8-3-4-9-25(24)23-13-11-22(12-14-23)20-34-17-7-16-32-34/h3-17,19,21H,18,20H2,1-2H3,(H,31,36). The van der Waals surface area contributed by atoms with Crippen molar-refractivity contribution in [1.82, 2.24) is 29.9 Å². The Morgan fingerprint density at radius 3 is 2.44 bits per heavy atom. The molecule has 180 valence electrons. The summed E-state index contributed by atoms with van der Waals surface area (Å²) in [5.74, 6) is 0.648. The lowest BCUT2D eigenvalue weighted by Crippen LogP contribution is -2.24. The van der Waals surface area contributed by atoms with Gasteiger partial charge in [0.1, 0.15) is 0 Å². The Kier molecular flexibility index (Phi) is 6.71. The molecule has 0 radical (unpaired) electrons. The first-order chi connectivity index (χ1) is 17.6. The van der Waals surface area contributed by atoms with Gasteiger partial charge in [0.15, 0.2) is 5.82 Å². The molecule has 7 nitrogen and oxygen atoms in total. The van der Waals surface area contributed by atoms with Crippen LogP contribution < -0.4 is 5.32 Å². The van der Waals surface area contributed by atoms with Gasteiger partial charge in [-0.1, -0.05) is 68.4 Å². The average molecular weight is 477 g/mol. The van der Waals surface area contributed by atoms with Crippen LogP contribution in [0.4, 0.5) is 0 Å². The summed E-state index contributed by atoms with van der Waals surface area (Å²) in [7, 11) is 0. The van der Waals surface area contributed by atoms with Crippen molar-refractivity contribution in [2.24, 2.45) is 0 Å². The molecule has 7 heteroatoms. The molecule has 2 aromatic carbocycles. The van der Waals surface area contributed by atoms with E-state index >= 15 is 0 Å². The number of nitrogens with zero attached hydrogens (tertiary/aromatic N) is 5. The molecule has 0 bridgehead atoms. The third kappa shape index (κ3) is 4.95. The quantitative estimate of drug-likeness (QED) is 0.333. The van der Waals surface area contributed by atoms with Crippen molar-refractivity contribution in [3.05, 3.63) is 120 Å². The summed E-state index contributed by atoms with van der Waals surface area (Å²) in [6.45, 7) is 5.25. The fraction of sp³-hybridized carbons (Fsp3) is 0.172. The van der Waals surface area contributed by atoms with E-state index in [1.165, 1.54) is 5.56 Å². The number of hydrogen-bond donors (Lipinski definition) is 1. The minimum absolute atomic E-state index is 0.0998. The van der Waals surface area contributed by atoms with Crippen LogP contribution in [0.2, 0.25) is 0 Å². The first-order valence-corrected chi connectivity index (χ1v) is 12.0. The Bertz CT molecular complexity index is 1440. The first-order valence-electron chi connectivity index (χ1n) is 12.0. The van der Waals surface area contributed by atoms with Gasteiger partial charge in [0, 0.05) is 25.1 Å². The third-order valence-corrected chi connectivity index (χ3v) is 6.09. The largest absolute Gasteiger partial charge is 0.348 e. The fourth-order valence-corrected chi connectivity index (χ4v) is 4.35. The number of amides is 1. The molecule has 5 rings (SSSR count). The van der Waals surface area contributed by atoms with Crippen molar-refractivity contribution in [3.63, 3.8) is 0 Å². The predicted octanol–water partition coefficient (Wildman–Crippen LogP) is 5.23. The number of aromatic nitrogens is 5. The van der Waals surface area contributed by atoms with Crippen LogP contribution in [0.25, 0.3) is 16.9 Å². The molecule has 1 amide bonds. The zero-order valence-corrected chi connectivity index (χ0v) is 20.4. The summed E-state index contributed by atoms with van der Waals surface area (Å²) in [4.78, 5) is 17.6. The van der Waals surface area contributed by atoms with E-state index in [1.807, 2.05) is 53.3 Å². The second-order valence-electron chi connectivity index (χ2n) is 8.94. The molecule has 0 atom stereocenters. The molecule has 0 aliphatic rings. The molecule has 3 aromatic heterocycles. The van der Waals surface area contributed by atoms with E-state index in [0.717, 1.165) is 28.9 Å². The second-order valence-corrected chi connectivity index (χ2v) is 8.94. The van der Waals surface area contributed by atoms with Crippen molar-refractivity contribution in [1.29, 1.82) is 0 Å². The van der Waals surface area contributed by atoms with Crippen LogP contribution in [-0.2, 0) is 13.1 Å². The van der Waals surface area contributed by atoms with E-state index < -0.39 is 0 Å². The van der Waals surface area contributed by atoms with E-state index in [0.29, 0.717) is 17.9 Å². The van der Waals surface area contributed by atoms with Crippen LogP contribution in [0.15, 0.2) is 97.6 Å². The molecular formula is C29H28N6O. The van der Waals surface area contributed by atoms with E-state index in [-0.39, 0.29) is 11.8 Å². The second kappa shape index (κ2) is 10.4. The monoisotopic (exact) mass is 476 g/mol. The van der Waals surface area contributed by atoms with Crippen LogP contribution in [0.5, 0.6) is 0 Å². The van der Waals surface area contributed by atoms with Gasteiger partial charge in [0.25, 0.3) is 5.91 Å². The lowest BCUT2D eigenvalue weighted by molar-refractivity contribution is 0.0949. The van der Waals surface area contributed by atoms with Crippen LogP contribution in [0.3, 0.4) is 0 Å². The smallest absolute Gasteiger partial charge is 0.255 e. The van der Waals surface area contributed by atoms with Gasteiger partial charge >= 0.3 is 0 Å². The molecule has 0 unspecified atom stereocenters. The Morgan fingerprint density at radius 2 is 1.72 bits per heavy atom. The van der Waals surface area contributed by atoms with Crippen molar-refractivity contribution >= 4 is 5.91 Å². The molecule has 0 aliphatic carbocycles. The fourth-order valence-electron chi connectivity index (χ4n) is 4.35. The van der Waals surface area contributed by atoms with E-state index in [1.54, 1.807) is 23.3 Å². The van der Waals surface area contributed by atoms with Gasteiger partial charge in [0.05, 0.1) is 24.0 Å². The topological polar surface area (TPSA) is 77.6 Å². The highest BCUT2D eigenvalue weighted by Gasteiger charge is 2.21. The van der Waals surface area contributed by atoms with E-state index in [9.17, 15) is 4.79 Å². The SMILES string of the molecule is CC(C)c1c(C(=O)NCc2ccccc2-c2ccc(Cn3cccn3)cc2)cnn1-c1ccccn1. The number of hydrogen-bond acceptors (Lipinski definition) is 4. The molecular weight excluding hydrogens is 448 g/mol. The summed E-state index contributed by atoms with van der Waals surface area (Å²) < 4.78 is 3.65. The van der Waals surface area contributed by atoms with Gasteiger partial charge in [0.2, 0.25) is 0 Å². The number of benzene rings is 2. The Balaban J connectivity index is 1.33. The molecule has 0 spiro atoms. The first kappa shape index (κ1) is 23.2. The van der Waals surface area contributed by atoms with Crippen LogP contribution in [-0.4, -0.2) is 30.5 Å². The molecule has 1 N–H and O–H groups in total. The van der Waals surface area contributed by atoms with E-state index in [2.05, 4.69) is 64.7 Å². The molecule has 5 aromatic rings. The molecule has 3 heterocycles. The minimum Gasteiger partial charge on any atom is -0.348 e. The van der Waals surface area contributed by atoms with Gasteiger partial charge in [-0.05, 0) is 46.4 Å². The van der Waals surface area contributed by atoms with E-state index in [4.69, 9.17) is 0 Å². The van der Waals surface area contributed by atoms with Crippen molar-refractivity contribution < 1.29 is 4.79 Å². The van der Waals surface area contributed by atoms with Gasteiger partial charge in [-0.3, -0.25) is 9.48 Å².